The van der Waals surface area contributed by atoms with Gasteiger partial charge in [-0.3, -0.25) is 4.79 Å². The molecule has 2 aliphatic rings. The Kier molecular flexibility index (Phi) is 2.10. The Bertz CT molecular complexity index is 687. The van der Waals surface area contributed by atoms with Crippen LogP contribution in [0.3, 0.4) is 0 Å². The molecular weight excluding hydrogens is 236 g/mol. The highest BCUT2D eigenvalue weighted by atomic mass is 16.4. The molecule has 2 nitrogen and oxygen atoms in total. The van der Waals surface area contributed by atoms with Crippen LogP contribution in [-0.4, -0.2) is 11.1 Å². The monoisotopic (exact) mass is 250 g/mol. The number of fused-ring (bicyclic) bond motifs is 3. The first-order valence-electron chi connectivity index (χ1n) is 6.71. The van der Waals surface area contributed by atoms with Crippen molar-refractivity contribution in [3.05, 3.63) is 59.2 Å². The fourth-order valence-electron chi connectivity index (χ4n) is 3.76. The second kappa shape index (κ2) is 3.70. The minimum absolute atomic E-state index is 0.0497. The molecule has 94 valence electrons. The molecule has 0 saturated heterocycles. The van der Waals surface area contributed by atoms with Crippen molar-refractivity contribution in [2.24, 2.45) is 5.92 Å². The van der Waals surface area contributed by atoms with Crippen LogP contribution in [0.5, 0.6) is 0 Å². The van der Waals surface area contributed by atoms with Gasteiger partial charge in [-0.15, -0.1) is 0 Å². The summed E-state index contributed by atoms with van der Waals surface area (Å²) in [6.07, 6.45) is 1.62. The number of carboxylic acid groups (broad SMARTS) is 1. The van der Waals surface area contributed by atoms with Crippen LogP contribution in [0.1, 0.15) is 29.0 Å². The SMILES string of the molecule is O=C(O)[C@H]1CCc2cccc3c2[C@H]1c1ccccc1-3. The fraction of sp³-hybridized carbons (Fsp3) is 0.235. The molecule has 0 saturated carbocycles. The number of rotatable bonds is 1. The zero-order chi connectivity index (χ0) is 13.0. The van der Waals surface area contributed by atoms with E-state index in [4.69, 9.17) is 0 Å². The molecule has 0 amide bonds. The third-order valence-electron chi connectivity index (χ3n) is 4.54. The van der Waals surface area contributed by atoms with Gasteiger partial charge in [-0.2, -0.15) is 0 Å². The van der Waals surface area contributed by atoms with Gasteiger partial charge in [0.1, 0.15) is 0 Å². The van der Waals surface area contributed by atoms with Crippen molar-refractivity contribution in [2.45, 2.75) is 18.8 Å². The number of hydrogen-bond acceptors (Lipinski definition) is 1. The molecule has 0 fully saturated rings. The predicted octanol–water partition coefficient (Wildman–Crippen LogP) is 3.45. The van der Waals surface area contributed by atoms with E-state index in [0.29, 0.717) is 0 Å². The molecule has 1 N–H and O–H groups in total. The van der Waals surface area contributed by atoms with Gasteiger partial charge < -0.3 is 5.11 Å². The standard InChI is InChI=1S/C17H14O2/c18-17(19)14-9-8-10-4-3-7-12-11-5-1-2-6-13(11)16(14)15(10)12/h1-7,14,16H,8-9H2,(H,18,19)/t14-,16-/m0/s1. The fourth-order valence-corrected chi connectivity index (χ4v) is 3.76. The van der Waals surface area contributed by atoms with Crippen LogP contribution in [0.2, 0.25) is 0 Å². The lowest BCUT2D eigenvalue weighted by Crippen LogP contribution is -2.26. The topological polar surface area (TPSA) is 37.3 Å². The summed E-state index contributed by atoms with van der Waals surface area (Å²) in [6, 6.07) is 14.6. The van der Waals surface area contributed by atoms with Crippen LogP contribution in [0.25, 0.3) is 11.1 Å². The molecule has 0 unspecified atom stereocenters. The van der Waals surface area contributed by atoms with Crippen LogP contribution in [0.15, 0.2) is 42.5 Å². The van der Waals surface area contributed by atoms with E-state index in [1.807, 2.05) is 12.1 Å². The summed E-state index contributed by atoms with van der Waals surface area (Å²) in [4.78, 5) is 11.6. The molecule has 0 aromatic heterocycles. The third kappa shape index (κ3) is 1.34. The van der Waals surface area contributed by atoms with Gasteiger partial charge in [-0.25, -0.2) is 0 Å². The van der Waals surface area contributed by atoms with Gasteiger partial charge in [-0.05, 0) is 40.7 Å². The summed E-state index contributed by atoms with van der Waals surface area (Å²) in [7, 11) is 0. The summed E-state index contributed by atoms with van der Waals surface area (Å²) < 4.78 is 0. The largest absolute Gasteiger partial charge is 0.481 e. The lowest BCUT2D eigenvalue weighted by atomic mass is 9.74. The average molecular weight is 250 g/mol. The molecule has 19 heavy (non-hydrogen) atoms. The molecular formula is C17H14O2. The van der Waals surface area contributed by atoms with Gasteiger partial charge in [0.25, 0.3) is 0 Å². The van der Waals surface area contributed by atoms with E-state index in [1.165, 1.54) is 27.8 Å². The van der Waals surface area contributed by atoms with Crippen molar-refractivity contribution in [3.8, 4) is 11.1 Å². The molecule has 0 heterocycles. The van der Waals surface area contributed by atoms with E-state index in [1.54, 1.807) is 0 Å². The summed E-state index contributed by atoms with van der Waals surface area (Å²) in [5, 5.41) is 9.51. The molecule has 0 bridgehead atoms. The molecule has 2 aliphatic carbocycles. The van der Waals surface area contributed by atoms with Gasteiger partial charge in [0, 0.05) is 5.92 Å². The molecule has 2 heteroatoms. The molecule has 0 radical (unpaired) electrons. The van der Waals surface area contributed by atoms with E-state index in [-0.39, 0.29) is 11.8 Å². The van der Waals surface area contributed by atoms with Crippen molar-refractivity contribution in [1.29, 1.82) is 0 Å². The minimum atomic E-state index is -0.665. The van der Waals surface area contributed by atoms with Gasteiger partial charge >= 0.3 is 5.97 Å². The highest BCUT2D eigenvalue weighted by molar-refractivity contribution is 5.84. The smallest absolute Gasteiger partial charge is 0.307 e. The van der Waals surface area contributed by atoms with E-state index >= 15 is 0 Å². The first-order chi connectivity index (χ1) is 9.27. The first kappa shape index (κ1) is 10.8. The van der Waals surface area contributed by atoms with E-state index in [0.717, 1.165) is 12.8 Å². The predicted molar refractivity (Wildman–Crippen MR) is 73.2 cm³/mol. The van der Waals surface area contributed by atoms with Gasteiger partial charge in [0.15, 0.2) is 0 Å². The van der Waals surface area contributed by atoms with Gasteiger partial charge in [0.2, 0.25) is 0 Å². The summed E-state index contributed by atoms with van der Waals surface area (Å²) >= 11 is 0. The second-order valence-electron chi connectivity index (χ2n) is 5.43. The van der Waals surface area contributed by atoms with Crippen LogP contribution in [0, 0.1) is 5.92 Å². The summed E-state index contributed by atoms with van der Waals surface area (Å²) in [5.41, 5.74) is 6.25. The van der Waals surface area contributed by atoms with Gasteiger partial charge in [-0.1, -0.05) is 42.5 Å². The van der Waals surface area contributed by atoms with Crippen LogP contribution >= 0.6 is 0 Å². The van der Waals surface area contributed by atoms with Crippen LogP contribution in [-0.2, 0) is 11.2 Å². The lowest BCUT2D eigenvalue weighted by Gasteiger charge is -2.28. The number of carbonyl (C=O) groups is 1. The number of hydrogen-bond donors (Lipinski definition) is 1. The van der Waals surface area contributed by atoms with E-state index < -0.39 is 5.97 Å². The Balaban J connectivity index is 2.04. The molecule has 2 atom stereocenters. The molecule has 4 rings (SSSR count). The number of aryl methyl sites for hydroxylation is 1. The molecule has 2 aromatic rings. The highest BCUT2D eigenvalue weighted by Crippen LogP contribution is 2.52. The lowest BCUT2D eigenvalue weighted by molar-refractivity contribution is -0.142. The van der Waals surface area contributed by atoms with Gasteiger partial charge in [0.05, 0.1) is 5.92 Å². The van der Waals surface area contributed by atoms with Crippen LogP contribution in [0.4, 0.5) is 0 Å². The quantitative estimate of drug-likeness (QED) is 0.841. The number of aliphatic carboxylic acids is 1. The number of benzene rings is 2. The Morgan fingerprint density at radius 2 is 1.84 bits per heavy atom. The Morgan fingerprint density at radius 1 is 1.05 bits per heavy atom. The maximum absolute atomic E-state index is 11.6. The first-order valence-corrected chi connectivity index (χ1v) is 6.71. The third-order valence-corrected chi connectivity index (χ3v) is 4.54. The van der Waals surface area contributed by atoms with Crippen molar-refractivity contribution >= 4 is 5.97 Å². The van der Waals surface area contributed by atoms with E-state index in [2.05, 4.69) is 30.3 Å². The average Bonchev–Trinajstić information content (AvgIpc) is 2.77. The zero-order valence-electron chi connectivity index (χ0n) is 10.5. The zero-order valence-corrected chi connectivity index (χ0v) is 10.5. The Morgan fingerprint density at radius 3 is 2.68 bits per heavy atom. The summed E-state index contributed by atoms with van der Waals surface area (Å²) in [5.74, 6) is -0.895. The van der Waals surface area contributed by atoms with Crippen molar-refractivity contribution in [1.82, 2.24) is 0 Å². The maximum atomic E-state index is 11.6. The molecule has 0 spiro atoms. The molecule has 0 aliphatic heterocycles. The van der Waals surface area contributed by atoms with Crippen LogP contribution < -0.4 is 0 Å². The maximum Gasteiger partial charge on any atom is 0.307 e. The van der Waals surface area contributed by atoms with E-state index in [9.17, 15) is 9.90 Å². The van der Waals surface area contributed by atoms with Crippen molar-refractivity contribution < 1.29 is 9.90 Å². The van der Waals surface area contributed by atoms with Crippen molar-refractivity contribution in [2.75, 3.05) is 0 Å². The normalized spacial score (nSPS) is 22.7. The molecule has 2 aromatic carbocycles. The second-order valence-corrected chi connectivity index (χ2v) is 5.43. The summed E-state index contributed by atoms with van der Waals surface area (Å²) in [6.45, 7) is 0. The number of carboxylic acids is 1. The van der Waals surface area contributed by atoms with Crippen molar-refractivity contribution in [3.63, 3.8) is 0 Å². The minimum Gasteiger partial charge on any atom is -0.481 e. The Hall–Kier alpha value is -2.09. The highest BCUT2D eigenvalue weighted by Gasteiger charge is 2.41. The Labute approximate surface area is 111 Å².